The molecule has 1 aliphatic rings. The number of nitrogens with zero attached hydrogens (tertiary/aromatic N) is 2. The molecular weight excluding hydrogens is 300 g/mol. The Morgan fingerprint density at radius 3 is 2.77 bits per heavy atom. The second-order valence-electron chi connectivity index (χ2n) is 6.61. The normalized spacial score (nSPS) is 22.8. The highest BCUT2D eigenvalue weighted by atomic mass is 32.2. The minimum absolute atomic E-state index is 0.0975. The molecule has 1 heterocycles. The Hall–Kier alpha value is -1.21. The van der Waals surface area contributed by atoms with Crippen molar-refractivity contribution >= 4 is 9.84 Å². The minimum Gasteiger partial charge on any atom is -0.303 e. The molecule has 0 spiro atoms. The van der Waals surface area contributed by atoms with Crippen molar-refractivity contribution in [3.8, 4) is 0 Å². The van der Waals surface area contributed by atoms with E-state index in [-0.39, 0.29) is 5.75 Å². The fourth-order valence-corrected chi connectivity index (χ4v) is 3.61. The molecule has 0 aliphatic heterocycles. The van der Waals surface area contributed by atoms with Crippen molar-refractivity contribution in [3.05, 3.63) is 22.8 Å². The third-order valence-corrected chi connectivity index (χ3v) is 4.89. The van der Waals surface area contributed by atoms with Crippen molar-refractivity contribution in [3.63, 3.8) is 0 Å². The minimum atomic E-state index is -3.09. The number of aromatic amines is 1. The fourth-order valence-electron chi connectivity index (χ4n) is 2.98. The van der Waals surface area contributed by atoms with Gasteiger partial charge in [0.25, 0.3) is 0 Å². The smallest absolute Gasteiger partial charge is 0.164 e. The van der Waals surface area contributed by atoms with Crippen LogP contribution in [-0.2, 0) is 22.1 Å². The summed E-state index contributed by atoms with van der Waals surface area (Å²) in [4.78, 5) is 4.24. The van der Waals surface area contributed by atoms with E-state index in [9.17, 15) is 8.42 Å². The SMILES string of the molecule is CC(C)=C1CC[C@@H](C)CC1NCc1n[nH]c(CS(C)(=O)=O)n1. The van der Waals surface area contributed by atoms with E-state index in [1.807, 2.05) is 0 Å². The van der Waals surface area contributed by atoms with Gasteiger partial charge in [0.2, 0.25) is 0 Å². The van der Waals surface area contributed by atoms with Gasteiger partial charge < -0.3 is 5.32 Å². The molecule has 0 amide bonds. The van der Waals surface area contributed by atoms with Gasteiger partial charge in [-0.15, -0.1) is 0 Å². The number of allylic oxidation sites excluding steroid dienone is 1. The quantitative estimate of drug-likeness (QED) is 0.808. The van der Waals surface area contributed by atoms with Crippen LogP contribution in [0.4, 0.5) is 0 Å². The number of nitrogens with one attached hydrogen (secondary N) is 2. The van der Waals surface area contributed by atoms with Crippen molar-refractivity contribution in [2.45, 2.75) is 58.4 Å². The van der Waals surface area contributed by atoms with Crippen LogP contribution in [-0.4, -0.2) is 35.9 Å². The summed E-state index contributed by atoms with van der Waals surface area (Å²) in [6.07, 6.45) is 4.71. The van der Waals surface area contributed by atoms with E-state index in [2.05, 4.69) is 41.3 Å². The maximum Gasteiger partial charge on any atom is 0.164 e. The first kappa shape index (κ1) is 17.1. The highest BCUT2D eigenvalue weighted by Crippen LogP contribution is 2.30. The third kappa shape index (κ3) is 4.91. The Morgan fingerprint density at radius 2 is 2.14 bits per heavy atom. The van der Waals surface area contributed by atoms with Gasteiger partial charge in [0.15, 0.2) is 15.7 Å². The lowest BCUT2D eigenvalue weighted by molar-refractivity contribution is 0.359. The summed E-state index contributed by atoms with van der Waals surface area (Å²) < 4.78 is 22.5. The Bertz CT molecular complexity index is 644. The molecule has 1 unspecified atom stereocenters. The highest BCUT2D eigenvalue weighted by molar-refractivity contribution is 7.89. The van der Waals surface area contributed by atoms with E-state index in [0.717, 1.165) is 12.8 Å². The summed E-state index contributed by atoms with van der Waals surface area (Å²) in [6, 6.07) is 0.366. The first-order valence-corrected chi connectivity index (χ1v) is 9.78. The van der Waals surface area contributed by atoms with Crippen LogP contribution in [0.1, 0.15) is 51.7 Å². The van der Waals surface area contributed by atoms with Gasteiger partial charge in [0.05, 0.1) is 6.54 Å². The van der Waals surface area contributed by atoms with Gasteiger partial charge in [-0.25, -0.2) is 13.4 Å². The summed E-state index contributed by atoms with van der Waals surface area (Å²) in [5.74, 6) is 1.64. The van der Waals surface area contributed by atoms with Crippen LogP contribution in [0.15, 0.2) is 11.1 Å². The fraction of sp³-hybridized carbons (Fsp3) is 0.733. The molecule has 124 valence electrons. The van der Waals surface area contributed by atoms with E-state index in [0.29, 0.717) is 30.2 Å². The molecule has 7 heteroatoms. The lowest BCUT2D eigenvalue weighted by Crippen LogP contribution is -2.36. The molecule has 1 aromatic heterocycles. The maximum atomic E-state index is 11.3. The van der Waals surface area contributed by atoms with E-state index < -0.39 is 9.84 Å². The average Bonchev–Trinajstić information content (AvgIpc) is 2.81. The zero-order valence-electron chi connectivity index (χ0n) is 13.8. The molecule has 22 heavy (non-hydrogen) atoms. The Balaban J connectivity index is 1.98. The zero-order valence-corrected chi connectivity index (χ0v) is 14.6. The molecule has 0 bridgehead atoms. The van der Waals surface area contributed by atoms with Gasteiger partial charge >= 0.3 is 0 Å². The number of aromatic nitrogens is 3. The van der Waals surface area contributed by atoms with Gasteiger partial charge in [-0.1, -0.05) is 18.1 Å². The topological polar surface area (TPSA) is 87.7 Å². The number of H-pyrrole nitrogens is 1. The molecule has 1 aliphatic carbocycles. The molecule has 6 nitrogen and oxygen atoms in total. The lowest BCUT2D eigenvalue weighted by Gasteiger charge is -2.31. The summed E-state index contributed by atoms with van der Waals surface area (Å²) in [5, 5.41) is 10.3. The lowest BCUT2D eigenvalue weighted by atomic mass is 9.81. The highest BCUT2D eigenvalue weighted by Gasteiger charge is 2.24. The molecule has 1 fully saturated rings. The predicted molar refractivity (Wildman–Crippen MR) is 86.9 cm³/mol. The van der Waals surface area contributed by atoms with Crippen LogP contribution in [0.3, 0.4) is 0 Å². The summed E-state index contributed by atoms with van der Waals surface area (Å²) in [6.45, 7) is 7.16. The van der Waals surface area contributed by atoms with Crippen LogP contribution >= 0.6 is 0 Å². The van der Waals surface area contributed by atoms with Crippen molar-refractivity contribution < 1.29 is 8.42 Å². The predicted octanol–water partition coefficient (Wildman–Crippen LogP) is 1.96. The second-order valence-corrected chi connectivity index (χ2v) is 8.75. The third-order valence-electron chi connectivity index (χ3n) is 4.09. The van der Waals surface area contributed by atoms with Gasteiger partial charge in [-0.2, -0.15) is 5.10 Å². The molecule has 1 aromatic rings. The van der Waals surface area contributed by atoms with Crippen LogP contribution < -0.4 is 5.32 Å². The van der Waals surface area contributed by atoms with Crippen molar-refractivity contribution in [1.29, 1.82) is 0 Å². The number of hydrogen-bond donors (Lipinski definition) is 2. The standard InChI is InChI=1S/C15H26N4O2S/c1-10(2)12-6-5-11(3)7-13(12)16-8-14-17-15(19-18-14)9-22(4,20)21/h11,13,16H,5-9H2,1-4H3,(H,17,18,19)/t11-,13?/m1/s1. The molecule has 0 saturated heterocycles. The molecular formula is C15H26N4O2S. The van der Waals surface area contributed by atoms with Crippen LogP contribution in [0.25, 0.3) is 0 Å². The van der Waals surface area contributed by atoms with Gasteiger partial charge in [-0.05, 0) is 39.0 Å². The second kappa shape index (κ2) is 6.91. The van der Waals surface area contributed by atoms with E-state index in [4.69, 9.17) is 0 Å². The molecule has 1 saturated carbocycles. The number of hydrogen-bond acceptors (Lipinski definition) is 5. The van der Waals surface area contributed by atoms with Gasteiger partial charge in [0.1, 0.15) is 11.6 Å². The van der Waals surface area contributed by atoms with Crippen LogP contribution in [0, 0.1) is 5.92 Å². The summed E-state index contributed by atoms with van der Waals surface area (Å²) in [5.41, 5.74) is 2.88. The zero-order chi connectivity index (χ0) is 16.3. The largest absolute Gasteiger partial charge is 0.303 e. The van der Waals surface area contributed by atoms with E-state index >= 15 is 0 Å². The molecule has 2 rings (SSSR count). The van der Waals surface area contributed by atoms with Crippen molar-refractivity contribution in [1.82, 2.24) is 20.5 Å². The summed E-state index contributed by atoms with van der Waals surface area (Å²) in [7, 11) is -3.09. The Kier molecular flexibility index (Phi) is 5.39. The van der Waals surface area contributed by atoms with E-state index in [1.165, 1.54) is 23.8 Å². The van der Waals surface area contributed by atoms with Crippen LogP contribution in [0.5, 0.6) is 0 Å². The average molecular weight is 326 g/mol. The monoisotopic (exact) mass is 326 g/mol. The van der Waals surface area contributed by atoms with E-state index in [1.54, 1.807) is 0 Å². The molecule has 0 radical (unpaired) electrons. The Labute approximate surface area is 132 Å². The first-order valence-electron chi connectivity index (χ1n) is 7.72. The van der Waals surface area contributed by atoms with Gasteiger partial charge in [0, 0.05) is 12.3 Å². The molecule has 0 aromatic carbocycles. The van der Waals surface area contributed by atoms with Crippen molar-refractivity contribution in [2.75, 3.05) is 6.26 Å². The first-order chi connectivity index (χ1) is 10.2. The summed E-state index contributed by atoms with van der Waals surface area (Å²) >= 11 is 0. The molecule has 2 N–H and O–H groups in total. The van der Waals surface area contributed by atoms with Gasteiger partial charge in [-0.3, -0.25) is 5.10 Å². The number of sulfone groups is 1. The van der Waals surface area contributed by atoms with Crippen molar-refractivity contribution in [2.24, 2.45) is 5.92 Å². The number of rotatable bonds is 5. The maximum absolute atomic E-state index is 11.3. The molecule has 2 atom stereocenters. The van der Waals surface area contributed by atoms with Crippen LogP contribution in [0.2, 0.25) is 0 Å². The Morgan fingerprint density at radius 1 is 1.41 bits per heavy atom.